The van der Waals surface area contributed by atoms with Crippen molar-refractivity contribution >= 4 is 63.2 Å². The van der Waals surface area contributed by atoms with Gasteiger partial charge in [0.2, 0.25) is 5.89 Å². The first-order valence-electron chi connectivity index (χ1n) is 11.5. The number of carbonyl (C=O) groups excluding carboxylic acids is 1. The number of oxazole rings is 1. The summed E-state index contributed by atoms with van der Waals surface area (Å²) in [5.74, 6) is 0.980. The molecule has 9 heteroatoms. The smallest absolute Gasteiger partial charge is 0.293 e. The van der Waals surface area contributed by atoms with Crippen LogP contribution in [0.2, 0.25) is 10.0 Å². The third-order valence-electron chi connectivity index (χ3n) is 5.74. The summed E-state index contributed by atoms with van der Waals surface area (Å²) in [5.41, 5.74) is 4.70. The van der Waals surface area contributed by atoms with Crippen molar-refractivity contribution in [3.8, 4) is 22.8 Å². The molecule has 0 unspecified atom stereocenters. The topological polar surface area (TPSA) is 80.3 Å². The summed E-state index contributed by atoms with van der Waals surface area (Å²) in [7, 11) is 0. The van der Waals surface area contributed by atoms with Gasteiger partial charge in [-0.25, -0.2) is 4.98 Å². The van der Waals surface area contributed by atoms with Crippen LogP contribution in [0.1, 0.15) is 35.9 Å². The van der Waals surface area contributed by atoms with Gasteiger partial charge in [-0.05, 0) is 78.3 Å². The number of rotatable bonds is 5. The standard InChI is InChI=1S/C28H21Cl2N3O3S/c1-15(2)16-6-8-17(9-7-16)27-32-21-14-18(10-11-23(21)36-27)31-28(37)33-26(34)24-13-12-22(35-24)19-4-3-5-20(29)25(19)30/h3-15H,1-2H3,(H2,31,33,34,37). The van der Waals surface area contributed by atoms with E-state index in [0.29, 0.717) is 50.0 Å². The summed E-state index contributed by atoms with van der Waals surface area (Å²) in [4.78, 5) is 17.3. The van der Waals surface area contributed by atoms with Gasteiger partial charge in [-0.3, -0.25) is 10.1 Å². The second kappa shape index (κ2) is 10.4. The normalized spacial score (nSPS) is 11.2. The van der Waals surface area contributed by atoms with Crippen molar-refractivity contribution in [3.63, 3.8) is 0 Å². The molecule has 2 heterocycles. The number of benzene rings is 3. The molecule has 0 saturated heterocycles. The summed E-state index contributed by atoms with van der Waals surface area (Å²) >= 11 is 17.6. The van der Waals surface area contributed by atoms with E-state index in [9.17, 15) is 4.79 Å². The third kappa shape index (κ3) is 5.39. The quantitative estimate of drug-likeness (QED) is 0.214. The van der Waals surface area contributed by atoms with E-state index in [1.165, 1.54) is 5.56 Å². The van der Waals surface area contributed by atoms with Crippen molar-refractivity contribution in [2.75, 3.05) is 5.32 Å². The number of carbonyl (C=O) groups is 1. The number of hydrogen-bond donors (Lipinski definition) is 2. The number of thiocarbonyl (C=S) groups is 1. The summed E-state index contributed by atoms with van der Waals surface area (Å²) in [6, 6.07) is 21.9. The lowest BCUT2D eigenvalue weighted by Gasteiger charge is -2.08. The minimum atomic E-state index is -0.503. The number of furan rings is 1. The molecule has 0 aliphatic rings. The monoisotopic (exact) mass is 549 g/mol. The Hall–Kier alpha value is -3.65. The Kier molecular flexibility index (Phi) is 7.02. The predicted octanol–water partition coefficient (Wildman–Crippen LogP) is 8.31. The number of fused-ring (bicyclic) bond motifs is 1. The number of halogens is 2. The molecular formula is C28H21Cl2N3O3S. The molecule has 0 fully saturated rings. The molecule has 3 aromatic carbocycles. The molecule has 0 bridgehead atoms. The third-order valence-corrected chi connectivity index (χ3v) is 6.77. The van der Waals surface area contributed by atoms with Crippen LogP contribution in [-0.4, -0.2) is 16.0 Å². The molecule has 0 spiro atoms. The molecule has 0 aliphatic heterocycles. The summed E-state index contributed by atoms with van der Waals surface area (Å²) in [5, 5.41) is 6.46. The Balaban J connectivity index is 1.26. The number of aromatic nitrogens is 1. The molecule has 186 valence electrons. The van der Waals surface area contributed by atoms with Gasteiger partial charge in [0.15, 0.2) is 16.5 Å². The van der Waals surface area contributed by atoms with Crippen LogP contribution in [0.3, 0.4) is 0 Å². The summed E-state index contributed by atoms with van der Waals surface area (Å²) in [6.45, 7) is 4.30. The maximum absolute atomic E-state index is 12.7. The molecule has 1 amide bonds. The number of nitrogens with zero attached hydrogens (tertiary/aromatic N) is 1. The van der Waals surface area contributed by atoms with E-state index in [2.05, 4.69) is 41.6 Å². The average molecular weight is 550 g/mol. The first-order chi connectivity index (χ1) is 17.8. The molecule has 0 aliphatic carbocycles. The molecule has 5 aromatic rings. The van der Waals surface area contributed by atoms with Crippen molar-refractivity contribution in [1.29, 1.82) is 0 Å². The highest BCUT2D eigenvalue weighted by Gasteiger charge is 2.17. The fourth-order valence-corrected chi connectivity index (χ4v) is 4.37. The van der Waals surface area contributed by atoms with Crippen molar-refractivity contribution in [2.45, 2.75) is 19.8 Å². The van der Waals surface area contributed by atoms with E-state index >= 15 is 0 Å². The Labute approximate surface area is 228 Å². The minimum Gasteiger partial charge on any atom is -0.451 e. The molecule has 0 radical (unpaired) electrons. The summed E-state index contributed by atoms with van der Waals surface area (Å²) in [6.07, 6.45) is 0. The highest BCUT2D eigenvalue weighted by Crippen LogP contribution is 2.34. The Morgan fingerprint density at radius 1 is 0.973 bits per heavy atom. The van der Waals surface area contributed by atoms with Gasteiger partial charge in [-0.15, -0.1) is 0 Å². The van der Waals surface area contributed by atoms with Crippen LogP contribution in [0.4, 0.5) is 5.69 Å². The van der Waals surface area contributed by atoms with E-state index < -0.39 is 5.91 Å². The van der Waals surface area contributed by atoms with Crippen LogP contribution in [0.5, 0.6) is 0 Å². The minimum absolute atomic E-state index is 0.0790. The zero-order valence-electron chi connectivity index (χ0n) is 19.8. The van der Waals surface area contributed by atoms with Crippen molar-refractivity contribution < 1.29 is 13.6 Å². The van der Waals surface area contributed by atoms with Crippen molar-refractivity contribution in [1.82, 2.24) is 10.3 Å². The number of hydrogen-bond acceptors (Lipinski definition) is 5. The van der Waals surface area contributed by atoms with Gasteiger partial charge >= 0.3 is 0 Å². The average Bonchev–Trinajstić information content (AvgIpc) is 3.53. The highest BCUT2D eigenvalue weighted by molar-refractivity contribution is 7.80. The zero-order valence-corrected chi connectivity index (χ0v) is 22.2. The molecule has 0 saturated carbocycles. The van der Waals surface area contributed by atoms with Gasteiger partial charge in [0.1, 0.15) is 11.3 Å². The first-order valence-corrected chi connectivity index (χ1v) is 12.6. The van der Waals surface area contributed by atoms with E-state index in [1.54, 1.807) is 48.5 Å². The Morgan fingerprint density at radius 2 is 1.76 bits per heavy atom. The zero-order chi connectivity index (χ0) is 26.1. The van der Waals surface area contributed by atoms with Crippen molar-refractivity contribution in [3.05, 3.63) is 94.2 Å². The maximum Gasteiger partial charge on any atom is 0.293 e. The number of anilines is 1. The molecule has 2 aromatic heterocycles. The fraction of sp³-hybridized carbons (Fsp3) is 0.107. The SMILES string of the molecule is CC(C)c1ccc(-c2nc3cc(NC(=S)NC(=O)c4ccc(-c5cccc(Cl)c5Cl)o4)ccc3o2)cc1. The molecule has 5 rings (SSSR count). The molecule has 37 heavy (non-hydrogen) atoms. The number of nitrogens with one attached hydrogen (secondary N) is 2. The van der Waals surface area contributed by atoms with Crippen LogP contribution in [0.25, 0.3) is 33.9 Å². The Bertz CT molecular complexity index is 1620. The van der Waals surface area contributed by atoms with Crippen LogP contribution >= 0.6 is 35.4 Å². The fourth-order valence-electron chi connectivity index (χ4n) is 3.77. The van der Waals surface area contributed by atoms with E-state index in [4.69, 9.17) is 44.3 Å². The lowest BCUT2D eigenvalue weighted by molar-refractivity contribution is 0.0951. The van der Waals surface area contributed by atoms with Crippen molar-refractivity contribution in [2.24, 2.45) is 0 Å². The lowest BCUT2D eigenvalue weighted by atomic mass is 10.0. The van der Waals surface area contributed by atoms with Gasteiger partial charge in [-0.1, -0.05) is 55.2 Å². The molecule has 0 atom stereocenters. The largest absolute Gasteiger partial charge is 0.451 e. The van der Waals surface area contributed by atoms with Crippen LogP contribution in [0.15, 0.2) is 81.6 Å². The first kappa shape index (κ1) is 25.0. The molecular weight excluding hydrogens is 529 g/mol. The molecule has 2 N–H and O–H groups in total. The maximum atomic E-state index is 12.7. The lowest BCUT2D eigenvalue weighted by Crippen LogP contribution is -2.33. The second-order valence-electron chi connectivity index (χ2n) is 8.65. The Morgan fingerprint density at radius 3 is 2.51 bits per heavy atom. The van der Waals surface area contributed by atoms with Gasteiger partial charge in [0, 0.05) is 16.8 Å². The van der Waals surface area contributed by atoms with Gasteiger partial charge in [0.25, 0.3) is 5.91 Å². The second-order valence-corrected chi connectivity index (χ2v) is 9.85. The van der Waals surface area contributed by atoms with Gasteiger partial charge in [0.05, 0.1) is 10.0 Å². The van der Waals surface area contributed by atoms with E-state index in [0.717, 1.165) is 5.56 Å². The van der Waals surface area contributed by atoms with Gasteiger partial charge in [-0.2, -0.15) is 0 Å². The predicted molar refractivity (Wildman–Crippen MR) is 151 cm³/mol. The van der Waals surface area contributed by atoms with Crippen LogP contribution in [-0.2, 0) is 0 Å². The number of amides is 1. The van der Waals surface area contributed by atoms with Crippen LogP contribution in [0, 0.1) is 0 Å². The summed E-state index contributed by atoms with van der Waals surface area (Å²) < 4.78 is 11.6. The van der Waals surface area contributed by atoms with Crippen LogP contribution < -0.4 is 10.6 Å². The van der Waals surface area contributed by atoms with Gasteiger partial charge < -0.3 is 14.2 Å². The van der Waals surface area contributed by atoms with E-state index in [-0.39, 0.29) is 10.9 Å². The molecule has 6 nitrogen and oxygen atoms in total. The van der Waals surface area contributed by atoms with E-state index in [1.807, 2.05) is 12.1 Å². The highest BCUT2D eigenvalue weighted by atomic mass is 35.5.